The zero-order valence-electron chi connectivity index (χ0n) is 45.4. The molecule has 0 aliphatic carbocycles. The Morgan fingerprint density at radius 1 is 0.440 bits per heavy atom. The molecule has 0 atom stereocenters. The number of phenolic OH excluding ortho intramolecular Hbond substituents is 1. The molecule has 0 aliphatic rings. The van der Waals surface area contributed by atoms with E-state index in [0.29, 0.717) is 11.3 Å². The van der Waals surface area contributed by atoms with E-state index in [4.69, 9.17) is 9.97 Å². The summed E-state index contributed by atoms with van der Waals surface area (Å²) in [4.78, 5) is 15.7. The first-order valence-corrected chi connectivity index (χ1v) is 25.9. The van der Waals surface area contributed by atoms with Crippen molar-refractivity contribution >= 4 is 11.0 Å². The standard InChI is InChI=1S/C69H67N4O.Pt/c1-66(2,3)50-31-32-61(55(40-50)46-27-20-15-21-28-46)73-62-33-34-70-43-60(62)72-65(73)49-35-47(36-51(37-49)67(4,5)6)58-38-48(39-59(71-58)56-41-52(68(7,8)9)42-57(64(56)74)69(10,11)12)63-53(44-23-16-13-17-24-44)29-22-30-54(63)45-25-18-14-19-26-45;/h13-34,36-43,74H,1-12H3;/q-1;. The number of hydrogen-bond acceptors (Lipinski definition) is 4. The average Bonchev–Trinajstić information content (AvgIpc) is 3.77. The molecule has 1 N–H and O–H groups in total. The summed E-state index contributed by atoms with van der Waals surface area (Å²) in [5, 5.41) is 12.6. The summed E-state index contributed by atoms with van der Waals surface area (Å²) in [6.45, 7) is 26.7. The number of nitrogens with zero attached hydrogens (tertiary/aromatic N) is 4. The SMILES string of the molecule is CC(C)(C)c1cc(-c2cc(-c3c(-c4ccccc4)cccc3-c3ccccc3)cc(-c3cc(C(C)(C)C)cc(C(C)(C)C)c3O)n2)[c-]c(-c2nc3cnccc3n2-c2ccc(C(C)(C)C)cc2-c2ccccc2)c1.[Pt]. The molecule has 3 aromatic heterocycles. The minimum absolute atomic E-state index is 0. The average molecular weight is 1160 g/mol. The maximum Gasteiger partial charge on any atom is 0.128 e. The van der Waals surface area contributed by atoms with Crippen LogP contribution in [0, 0.1) is 6.07 Å². The molecule has 5 nitrogen and oxygen atoms in total. The summed E-state index contributed by atoms with van der Waals surface area (Å²) in [5.41, 5.74) is 18.7. The van der Waals surface area contributed by atoms with Gasteiger partial charge < -0.3 is 9.67 Å². The Bertz CT molecular complexity index is 3640. The number of hydrogen-bond donors (Lipinski definition) is 1. The van der Waals surface area contributed by atoms with E-state index in [-0.39, 0.29) is 48.5 Å². The van der Waals surface area contributed by atoms with Gasteiger partial charge in [-0.2, -0.15) is 0 Å². The van der Waals surface area contributed by atoms with Crippen LogP contribution in [-0.2, 0) is 42.7 Å². The largest absolute Gasteiger partial charge is 0.507 e. The second-order valence-electron chi connectivity index (χ2n) is 23.9. The fourth-order valence-electron chi connectivity index (χ4n) is 10.0. The van der Waals surface area contributed by atoms with Crippen LogP contribution in [0.25, 0.3) is 95.1 Å². The van der Waals surface area contributed by atoms with Gasteiger partial charge in [-0.25, -0.2) is 0 Å². The summed E-state index contributed by atoms with van der Waals surface area (Å²) in [6.07, 6.45) is 3.70. The monoisotopic (exact) mass is 1160 g/mol. The second-order valence-corrected chi connectivity index (χ2v) is 23.9. The van der Waals surface area contributed by atoms with Gasteiger partial charge in [0.05, 0.1) is 28.7 Å². The third-order valence-electron chi connectivity index (χ3n) is 14.3. The third-order valence-corrected chi connectivity index (χ3v) is 14.3. The predicted molar refractivity (Wildman–Crippen MR) is 310 cm³/mol. The molecule has 10 aromatic rings. The van der Waals surface area contributed by atoms with Crippen molar-refractivity contribution in [2.45, 2.75) is 105 Å². The first-order valence-electron chi connectivity index (χ1n) is 25.9. The Hall–Kier alpha value is -7.20. The topological polar surface area (TPSA) is 63.8 Å². The van der Waals surface area contributed by atoms with Gasteiger partial charge in [-0.05, 0) is 102 Å². The van der Waals surface area contributed by atoms with Crippen molar-refractivity contribution in [3.8, 4) is 89.8 Å². The van der Waals surface area contributed by atoms with Crippen LogP contribution in [0.15, 0.2) is 182 Å². The maximum atomic E-state index is 12.6. The molecule has 0 saturated carbocycles. The molecule has 10 rings (SSSR count). The first-order chi connectivity index (χ1) is 35.1. The van der Waals surface area contributed by atoms with Crippen molar-refractivity contribution in [3.05, 3.63) is 211 Å². The van der Waals surface area contributed by atoms with Gasteiger partial charge in [0, 0.05) is 55.3 Å². The molecule has 7 aromatic carbocycles. The summed E-state index contributed by atoms with van der Waals surface area (Å²) >= 11 is 0. The van der Waals surface area contributed by atoms with Gasteiger partial charge in [-0.1, -0.05) is 222 Å². The minimum atomic E-state index is -0.348. The van der Waals surface area contributed by atoms with E-state index in [1.807, 2.05) is 12.4 Å². The van der Waals surface area contributed by atoms with Crippen molar-refractivity contribution in [1.29, 1.82) is 0 Å². The number of pyridine rings is 2. The summed E-state index contributed by atoms with van der Waals surface area (Å²) in [7, 11) is 0. The normalized spacial score (nSPS) is 12.2. The molecule has 6 heteroatoms. The first kappa shape index (κ1) is 52.7. The van der Waals surface area contributed by atoms with Gasteiger partial charge in [-0.3, -0.25) is 15.0 Å². The number of phenols is 1. The van der Waals surface area contributed by atoms with Gasteiger partial charge in [0.25, 0.3) is 0 Å². The molecule has 0 saturated heterocycles. The van der Waals surface area contributed by atoms with Crippen LogP contribution in [0.4, 0.5) is 0 Å². The molecule has 0 radical (unpaired) electrons. The van der Waals surface area contributed by atoms with E-state index in [0.717, 1.165) is 101 Å². The fourth-order valence-corrected chi connectivity index (χ4v) is 10.0. The van der Waals surface area contributed by atoms with Gasteiger partial charge in [0.1, 0.15) is 5.75 Å². The molecular weight excluding hydrogens is 1100 g/mol. The van der Waals surface area contributed by atoms with E-state index >= 15 is 0 Å². The summed E-state index contributed by atoms with van der Waals surface area (Å²) < 4.78 is 2.29. The number of fused-ring (bicyclic) bond motifs is 1. The minimum Gasteiger partial charge on any atom is -0.507 e. The molecular formula is C69H67N4OPt-. The fraction of sp³-hybridized carbons (Fsp3) is 0.232. The van der Waals surface area contributed by atoms with Crippen molar-refractivity contribution in [2.75, 3.05) is 0 Å². The van der Waals surface area contributed by atoms with E-state index in [9.17, 15) is 5.11 Å². The van der Waals surface area contributed by atoms with Crippen LogP contribution in [0.2, 0.25) is 0 Å². The zero-order valence-corrected chi connectivity index (χ0v) is 47.6. The number of aromatic nitrogens is 4. The summed E-state index contributed by atoms with van der Waals surface area (Å²) in [5.74, 6) is 0.992. The molecule has 0 spiro atoms. The number of aromatic hydroxyl groups is 1. The van der Waals surface area contributed by atoms with Crippen LogP contribution >= 0.6 is 0 Å². The van der Waals surface area contributed by atoms with Crippen LogP contribution < -0.4 is 0 Å². The van der Waals surface area contributed by atoms with E-state index < -0.39 is 0 Å². The van der Waals surface area contributed by atoms with Crippen molar-refractivity contribution in [2.24, 2.45) is 0 Å². The predicted octanol–water partition coefficient (Wildman–Crippen LogP) is 18.2. The molecule has 0 bridgehead atoms. The van der Waals surface area contributed by atoms with E-state index in [2.05, 4.69) is 269 Å². The van der Waals surface area contributed by atoms with Gasteiger partial charge in [-0.15, -0.1) is 23.8 Å². The Labute approximate surface area is 459 Å². The zero-order chi connectivity index (χ0) is 52.3. The number of imidazole rings is 1. The Morgan fingerprint density at radius 2 is 0.960 bits per heavy atom. The van der Waals surface area contributed by atoms with Crippen molar-refractivity contribution in [3.63, 3.8) is 0 Å². The van der Waals surface area contributed by atoms with Crippen LogP contribution in [0.5, 0.6) is 5.75 Å². The van der Waals surface area contributed by atoms with Gasteiger partial charge >= 0.3 is 0 Å². The van der Waals surface area contributed by atoms with Crippen molar-refractivity contribution < 1.29 is 26.2 Å². The Balaban J connectivity index is 0.00000689. The van der Waals surface area contributed by atoms with E-state index in [1.54, 1.807) is 0 Å². The smallest absolute Gasteiger partial charge is 0.128 e. The van der Waals surface area contributed by atoms with Gasteiger partial charge in [0.15, 0.2) is 0 Å². The van der Waals surface area contributed by atoms with Crippen LogP contribution in [-0.4, -0.2) is 24.6 Å². The number of rotatable bonds is 8. The number of benzene rings is 7. The molecule has 0 unspecified atom stereocenters. The second kappa shape index (κ2) is 20.2. The Morgan fingerprint density at radius 3 is 1.52 bits per heavy atom. The van der Waals surface area contributed by atoms with Crippen molar-refractivity contribution in [1.82, 2.24) is 19.5 Å². The molecule has 0 amide bonds. The Kier molecular flexibility index (Phi) is 14.1. The van der Waals surface area contributed by atoms with Gasteiger partial charge in [0.2, 0.25) is 0 Å². The summed E-state index contributed by atoms with van der Waals surface area (Å²) in [6, 6.07) is 64.5. The molecule has 0 fully saturated rings. The molecule has 75 heavy (non-hydrogen) atoms. The molecule has 3 heterocycles. The third kappa shape index (κ3) is 10.6. The maximum absolute atomic E-state index is 12.6. The van der Waals surface area contributed by atoms with Crippen LogP contribution in [0.3, 0.4) is 0 Å². The quantitative estimate of drug-likeness (QED) is 0.154. The van der Waals surface area contributed by atoms with E-state index in [1.165, 1.54) is 5.56 Å². The molecule has 0 aliphatic heterocycles. The molecule has 380 valence electrons. The van der Waals surface area contributed by atoms with Crippen LogP contribution in [0.1, 0.15) is 105 Å².